The summed E-state index contributed by atoms with van der Waals surface area (Å²) in [4.78, 5) is 0. The zero-order valence-corrected chi connectivity index (χ0v) is 12.1. The standard InChI is InChI=1S/C15H22O5/c1-4-12-14(13(16)15(18-3)20-12)19-9-10-5-7-11(17-2)8-6-10/h5-8,12-16H,4,9H2,1-3H3/t12-,13+,14-,15?/m0/s1. The lowest BCUT2D eigenvalue weighted by Crippen LogP contribution is -2.35. The number of hydrogen-bond donors (Lipinski definition) is 1. The van der Waals surface area contributed by atoms with Gasteiger partial charge in [-0.05, 0) is 24.1 Å². The van der Waals surface area contributed by atoms with Crippen molar-refractivity contribution in [1.29, 1.82) is 0 Å². The Balaban J connectivity index is 1.94. The van der Waals surface area contributed by atoms with E-state index < -0.39 is 12.4 Å². The van der Waals surface area contributed by atoms with Gasteiger partial charge in [0.25, 0.3) is 0 Å². The Labute approximate surface area is 119 Å². The van der Waals surface area contributed by atoms with Crippen LogP contribution >= 0.6 is 0 Å². The van der Waals surface area contributed by atoms with E-state index in [0.717, 1.165) is 17.7 Å². The Morgan fingerprint density at radius 2 is 1.90 bits per heavy atom. The van der Waals surface area contributed by atoms with Crippen molar-refractivity contribution in [3.63, 3.8) is 0 Å². The third kappa shape index (κ3) is 3.30. The predicted octanol–water partition coefficient (Wildman–Crippen LogP) is 1.72. The first-order valence-corrected chi connectivity index (χ1v) is 6.80. The molecule has 1 aliphatic heterocycles. The first kappa shape index (κ1) is 15.3. The van der Waals surface area contributed by atoms with E-state index in [9.17, 15) is 5.11 Å². The van der Waals surface area contributed by atoms with Crippen molar-refractivity contribution in [3.8, 4) is 5.75 Å². The largest absolute Gasteiger partial charge is 0.497 e. The zero-order chi connectivity index (χ0) is 14.5. The van der Waals surface area contributed by atoms with Crippen molar-refractivity contribution >= 4 is 0 Å². The predicted molar refractivity (Wildman–Crippen MR) is 73.5 cm³/mol. The van der Waals surface area contributed by atoms with Gasteiger partial charge in [0.05, 0.1) is 19.8 Å². The lowest BCUT2D eigenvalue weighted by Gasteiger charge is -2.19. The number of benzene rings is 1. The van der Waals surface area contributed by atoms with Gasteiger partial charge < -0.3 is 24.1 Å². The Morgan fingerprint density at radius 1 is 1.20 bits per heavy atom. The molecule has 0 spiro atoms. The molecule has 2 rings (SSSR count). The summed E-state index contributed by atoms with van der Waals surface area (Å²) in [7, 11) is 3.15. The van der Waals surface area contributed by atoms with Crippen LogP contribution in [0.5, 0.6) is 5.75 Å². The van der Waals surface area contributed by atoms with Gasteiger partial charge in [-0.1, -0.05) is 19.1 Å². The number of aliphatic hydroxyl groups excluding tert-OH is 1. The molecule has 112 valence electrons. The maximum absolute atomic E-state index is 10.1. The average molecular weight is 282 g/mol. The highest BCUT2D eigenvalue weighted by molar-refractivity contribution is 5.26. The van der Waals surface area contributed by atoms with Crippen molar-refractivity contribution < 1.29 is 24.1 Å². The first-order chi connectivity index (χ1) is 9.69. The molecular formula is C15H22O5. The van der Waals surface area contributed by atoms with E-state index in [1.165, 1.54) is 7.11 Å². The number of hydrogen-bond acceptors (Lipinski definition) is 5. The highest BCUT2D eigenvalue weighted by Gasteiger charge is 2.43. The van der Waals surface area contributed by atoms with Gasteiger partial charge in [-0.2, -0.15) is 0 Å². The van der Waals surface area contributed by atoms with E-state index in [0.29, 0.717) is 6.61 Å². The Kier molecular flexibility index (Phi) is 5.37. The molecule has 0 aromatic heterocycles. The molecule has 1 unspecified atom stereocenters. The van der Waals surface area contributed by atoms with Gasteiger partial charge in [0.15, 0.2) is 6.29 Å². The van der Waals surface area contributed by atoms with Gasteiger partial charge >= 0.3 is 0 Å². The second-order valence-corrected chi connectivity index (χ2v) is 4.80. The van der Waals surface area contributed by atoms with Crippen molar-refractivity contribution in [2.45, 2.75) is 44.6 Å². The molecule has 1 aliphatic rings. The highest BCUT2D eigenvalue weighted by Crippen LogP contribution is 2.27. The molecule has 0 radical (unpaired) electrons. The lowest BCUT2D eigenvalue weighted by atomic mass is 10.1. The van der Waals surface area contributed by atoms with Crippen LogP contribution in [0.25, 0.3) is 0 Å². The molecule has 0 amide bonds. The molecule has 4 atom stereocenters. The molecule has 5 nitrogen and oxygen atoms in total. The summed E-state index contributed by atoms with van der Waals surface area (Å²) in [5, 5.41) is 10.1. The molecule has 0 saturated carbocycles. The van der Waals surface area contributed by atoms with Crippen molar-refractivity contribution in [1.82, 2.24) is 0 Å². The van der Waals surface area contributed by atoms with Gasteiger partial charge in [-0.25, -0.2) is 0 Å². The van der Waals surface area contributed by atoms with Gasteiger partial charge in [0.1, 0.15) is 18.0 Å². The Morgan fingerprint density at radius 3 is 2.45 bits per heavy atom. The summed E-state index contributed by atoms with van der Waals surface area (Å²) in [6, 6.07) is 7.65. The number of methoxy groups -OCH3 is 2. The molecule has 5 heteroatoms. The van der Waals surface area contributed by atoms with Crippen LogP contribution in [0.2, 0.25) is 0 Å². The van der Waals surface area contributed by atoms with E-state index >= 15 is 0 Å². The molecular weight excluding hydrogens is 260 g/mol. The van der Waals surface area contributed by atoms with Crippen LogP contribution in [0.3, 0.4) is 0 Å². The molecule has 1 N–H and O–H groups in total. The van der Waals surface area contributed by atoms with Crippen molar-refractivity contribution in [2.75, 3.05) is 14.2 Å². The zero-order valence-electron chi connectivity index (χ0n) is 12.1. The van der Waals surface area contributed by atoms with Gasteiger partial charge in [0, 0.05) is 7.11 Å². The fraction of sp³-hybridized carbons (Fsp3) is 0.600. The summed E-state index contributed by atoms with van der Waals surface area (Å²) in [5.41, 5.74) is 1.02. The fourth-order valence-corrected chi connectivity index (χ4v) is 2.35. The molecule has 20 heavy (non-hydrogen) atoms. The summed E-state index contributed by atoms with van der Waals surface area (Å²) in [6.07, 6.45) is -1.12. The van der Waals surface area contributed by atoms with Crippen molar-refractivity contribution in [2.24, 2.45) is 0 Å². The van der Waals surface area contributed by atoms with E-state index in [2.05, 4.69) is 0 Å². The van der Waals surface area contributed by atoms with E-state index in [1.54, 1.807) is 7.11 Å². The third-order valence-corrected chi connectivity index (χ3v) is 3.53. The summed E-state index contributed by atoms with van der Waals surface area (Å²) < 4.78 is 21.6. The molecule has 1 heterocycles. The number of rotatable bonds is 6. The summed E-state index contributed by atoms with van der Waals surface area (Å²) in [5.74, 6) is 0.809. The SMILES string of the molecule is CC[C@@H]1OC(OC)[C@H](O)[C@H]1OCc1ccc(OC)cc1. The van der Waals surface area contributed by atoms with Crippen LogP contribution in [-0.4, -0.2) is 43.9 Å². The minimum atomic E-state index is -0.761. The molecule has 0 bridgehead atoms. The van der Waals surface area contributed by atoms with E-state index in [1.807, 2.05) is 31.2 Å². The van der Waals surface area contributed by atoms with Crippen LogP contribution < -0.4 is 4.74 Å². The number of ether oxygens (including phenoxy) is 4. The third-order valence-electron chi connectivity index (χ3n) is 3.53. The Bertz CT molecular complexity index is 403. The maximum atomic E-state index is 10.1. The normalized spacial score (nSPS) is 29.6. The number of aliphatic hydroxyl groups is 1. The topological polar surface area (TPSA) is 57.2 Å². The average Bonchev–Trinajstić information content (AvgIpc) is 2.81. The molecule has 1 fully saturated rings. The molecule has 1 saturated heterocycles. The summed E-state index contributed by atoms with van der Waals surface area (Å²) in [6.45, 7) is 2.42. The van der Waals surface area contributed by atoms with Gasteiger partial charge in [-0.15, -0.1) is 0 Å². The van der Waals surface area contributed by atoms with E-state index in [-0.39, 0.29) is 12.2 Å². The van der Waals surface area contributed by atoms with Crippen LogP contribution in [-0.2, 0) is 20.8 Å². The summed E-state index contributed by atoms with van der Waals surface area (Å²) >= 11 is 0. The quantitative estimate of drug-likeness (QED) is 0.861. The molecule has 1 aromatic rings. The van der Waals surface area contributed by atoms with Crippen LogP contribution in [0.1, 0.15) is 18.9 Å². The lowest BCUT2D eigenvalue weighted by molar-refractivity contribution is -0.148. The molecule has 1 aromatic carbocycles. The van der Waals surface area contributed by atoms with E-state index in [4.69, 9.17) is 18.9 Å². The minimum absolute atomic E-state index is 0.145. The maximum Gasteiger partial charge on any atom is 0.186 e. The van der Waals surface area contributed by atoms with Crippen molar-refractivity contribution in [3.05, 3.63) is 29.8 Å². The van der Waals surface area contributed by atoms with Crippen LogP contribution in [0, 0.1) is 0 Å². The van der Waals surface area contributed by atoms with Crippen LogP contribution in [0.15, 0.2) is 24.3 Å². The minimum Gasteiger partial charge on any atom is -0.497 e. The fourth-order valence-electron chi connectivity index (χ4n) is 2.35. The Hall–Kier alpha value is -1.14. The highest BCUT2D eigenvalue weighted by atomic mass is 16.7. The smallest absolute Gasteiger partial charge is 0.186 e. The second-order valence-electron chi connectivity index (χ2n) is 4.80. The second kappa shape index (κ2) is 7.04. The van der Waals surface area contributed by atoms with Gasteiger partial charge in [-0.3, -0.25) is 0 Å². The van der Waals surface area contributed by atoms with Gasteiger partial charge in [0.2, 0.25) is 0 Å². The first-order valence-electron chi connectivity index (χ1n) is 6.80. The molecule has 0 aliphatic carbocycles. The van der Waals surface area contributed by atoms with Crippen LogP contribution in [0.4, 0.5) is 0 Å². The monoisotopic (exact) mass is 282 g/mol.